The van der Waals surface area contributed by atoms with Gasteiger partial charge >= 0.3 is 0 Å². The molecule has 0 spiro atoms. The van der Waals surface area contributed by atoms with Crippen LogP contribution < -0.4 is 0 Å². The Kier molecular flexibility index (Phi) is 5.55. The van der Waals surface area contributed by atoms with Gasteiger partial charge in [-0.1, -0.05) is 6.92 Å². The van der Waals surface area contributed by atoms with Crippen molar-refractivity contribution < 1.29 is 17.6 Å². The van der Waals surface area contributed by atoms with Gasteiger partial charge in [-0.3, -0.25) is 4.79 Å². The first-order valence-electron chi connectivity index (χ1n) is 8.27. The number of nitrogens with zero attached hydrogens (tertiary/aromatic N) is 1. The Balaban J connectivity index is 1.88. The number of amides is 1. The molecule has 1 aromatic heterocycles. The summed E-state index contributed by atoms with van der Waals surface area (Å²) in [4.78, 5) is 14.0. The van der Waals surface area contributed by atoms with Crippen LogP contribution in [0.2, 0.25) is 0 Å². The van der Waals surface area contributed by atoms with Crippen LogP contribution in [0.4, 0.5) is 0 Å². The Morgan fingerprint density at radius 1 is 1.43 bits per heavy atom. The molecule has 1 aliphatic carbocycles. The summed E-state index contributed by atoms with van der Waals surface area (Å²) in [6.45, 7) is 6.37. The molecule has 5 nitrogen and oxygen atoms in total. The normalized spacial score (nSPS) is 21.9. The summed E-state index contributed by atoms with van der Waals surface area (Å²) in [6.07, 6.45) is 3.28. The highest BCUT2D eigenvalue weighted by Crippen LogP contribution is 2.47. The van der Waals surface area contributed by atoms with Crippen molar-refractivity contribution in [3.63, 3.8) is 0 Å². The lowest BCUT2D eigenvalue weighted by molar-refractivity contribution is -0.132. The number of hydrogen-bond donors (Lipinski definition) is 0. The fraction of sp³-hybridized carbons (Fsp3) is 0.706. The van der Waals surface area contributed by atoms with Gasteiger partial charge < -0.3 is 9.32 Å². The zero-order valence-electron chi connectivity index (χ0n) is 14.4. The summed E-state index contributed by atoms with van der Waals surface area (Å²) in [6, 6.07) is 3.66. The first-order chi connectivity index (χ1) is 10.7. The quantitative estimate of drug-likeness (QED) is 0.729. The maximum absolute atomic E-state index is 12.4. The molecular formula is C17H27NO4S. The van der Waals surface area contributed by atoms with Gasteiger partial charge in [0.15, 0.2) is 0 Å². The third kappa shape index (κ3) is 5.09. The second-order valence-electron chi connectivity index (χ2n) is 6.74. The second-order valence-corrected chi connectivity index (χ2v) is 8.93. The topological polar surface area (TPSA) is 67.6 Å². The highest BCUT2D eigenvalue weighted by atomic mass is 32.2. The molecule has 3 atom stereocenters. The van der Waals surface area contributed by atoms with Crippen molar-refractivity contribution in [3.05, 3.63) is 23.7 Å². The minimum Gasteiger partial charge on any atom is -0.466 e. The number of rotatable bonds is 8. The van der Waals surface area contributed by atoms with E-state index < -0.39 is 9.84 Å². The van der Waals surface area contributed by atoms with E-state index in [9.17, 15) is 13.2 Å². The van der Waals surface area contributed by atoms with E-state index in [1.807, 2.05) is 19.1 Å². The SMILES string of the molecule is CCN(C(=O)CCc1ccc([C@@H]2C[C@@H]2C)o1)[C@@H](C)CS(C)(=O)=O. The maximum Gasteiger partial charge on any atom is 0.223 e. The molecule has 130 valence electrons. The average Bonchev–Trinajstić information content (AvgIpc) is 2.98. The lowest BCUT2D eigenvalue weighted by Crippen LogP contribution is -2.42. The fourth-order valence-corrected chi connectivity index (χ4v) is 4.14. The van der Waals surface area contributed by atoms with E-state index in [4.69, 9.17) is 4.42 Å². The molecule has 1 fully saturated rings. The second kappa shape index (κ2) is 7.07. The van der Waals surface area contributed by atoms with E-state index in [1.54, 1.807) is 11.8 Å². The van der Waals surface area contributed by atoms with Crippen molar-refractivity contribution in [2.24, 2.45) is 5.92 Å². The van der Waals surface area contributed by atoms with E-state index in [2.05, 4.69) is 6.92 Å². The number of sulfone groups is 1. The van der Waals surface area contributed by atoms with Crippen LogP contribution in [-0.4, -0.2) is 43.8 Å². The molecule has 1 heterocycles. The molecule has 0 saturated heterocycles. The highest BCUT2D eigenvalue weighted by Gasteiger charge is 2.36. The molecule has 0 bridgehead atoms. The Labute approximate surface area is 139 Å². The van der Waals surface area contributed by atoms with Gasteiger partial charge in [-0.05, 0) is 38.3 Å². The molecule has 23 heavy (non-hydrogen) atoms. The van der Waals surface area contributed by atoms with E-state index in [0.717, 1.165) is 11.5 Å². The van der Waals surface area contributed by atoms with Crippen LogP contribution in [0.5, 0.6) is 0 Å². The molecule has 0 unspecified atom stereocenters. The number of aryl methyl sites for hydroxylation is 1. The smallest absolute Gasteiger partial charge is 0.223 e. The summed E-state index contributed by atoms with van der Waals surface area (Å²) in [5.41, 5.74) is 0. The van der Waals surface area contributed by atoms with Crippen LogP contribution in [0.25, 0.3) is 0 Å². The van der Waals surface area contributed by atoms with Crippen molar-refractivity contribution in [1.82, 2.24) is 4.90 Å². The summed E-state index contributed by atoms with van der Waals surface area (Å²) in [7, 11) is -3.10. The molecule has 2 rings (SSSR count). The average molecular weight is 341 g/mol. The predicted octanol–water partition coefficient (Wildman–Crippen LogP) is 2.62. The minimum absolute atomic E-state index is 0.00293. The van der Waals surface area contributed by atoms with Crippen molar-refractivity contribution in [2.75, 3.05) is 18.6 Å². The minimum atomic E-state index is -3.10. The standard InChI is InChI=1S/C17H27NO4S/c1-5-18(13(3)11-23(4,20)21)17(19)9-7-14-6-8-16(22-14)15-10-12(15)2/h6,8,12-13,15H,5,7,9-11H2,1-4H3/t12-,13-,15+/m0/s1. The largest absolute Gasteiger partial charge is 0.466 e. The fourth-order valence-electron chi connectivity index (χ4n) is 3.08. The molecule has 0 aliphatic heterocycles. The molecule has 1 amide bonds. The number of carbonyl (C=O) groups excluding carboxylic acids is 1. The molecule has 6 heteroatoms. The summed E-state index contributed by atoms with van der Waals surface area (Å²) in [5.74, 6) is 3.07. The third-order valence-electron chi connectivity index (χ3n) is 4.48. The molecule has 0 radical (unpaired) electrons. The Bertz CT molecular complexity index is 649. The number of carbonyl (C=O) groups is 1. The maximum atomic E-state index is 12.4. The third-order valence-corrected chi connectivity index (χ3v) is 5.57. The lowest BCUT2D eigenvalue weighted by Gasteiger charge is -2.27. The van der Waals surface area contributed by atoms with Gasteiger partial charge in [0.25, 0.3) is 0 Å². The number of furan rings is 1. The van der Waals surface area contributed by atoms with Crippen LogP contribution in [0.3, 0.4) is 0 Å². The van der Waals surface area contributed by atoms with Crippen LogP contribution in [0, 0.1) is 5.92 Å². The Morgan fingerprint density at radius 2 is 2.09 bits per heavy atom. The van der Waals surface area contributed by atoms with Crippen LogP contribution in [0.15, 0.2) is 16.5 Å². The van der Waals surface area contributed by atoms with Crippen LogP contribution in [-0.2, 0) is 21.1 Å². The van der Waals surface area contributed by atoms with Crippen molar-refractivity contribution in [1.29, 1.82) is 0 Å². The molecule has 0 N–H and O–H groups in total. The molecule has 1 aliphatic rings. The van der Waals surface area contributed by atoms with E-state index in [-0.39, 0.29) is 17.7 Å². The summed E-state index contributed by atoms with van der Waals surface area (Å²) >= 11 is 0. The molecule has 0 aromatic carbocycles. The zero-order valence-corrected chi connectivity index (χ0v) is 15.2. The van der Waals surface area contributed by atoms with Crippen LogP contribution >= 0.6 is 0 Å². The molecular weight excluding hydrogens is 314 g/mol. The molecule has 1 saturated carbocycles. The van der Waals surface area contributed by atoms with Gasteiger partial charge in [0.05, 0.1) is 5.75 Å². The summed E-state index contributed by atoms with van der Waals surface area (Å²) in [5, 5.41) is 0. The van der Waals surface area contributed by atoms with Crippen molar-refractivity contribution >= 4 is 15.7 Å². The predicted molar refractivity (Wildman–Crippen MR) is 90.1 cm³/mol. The lowest BCUT2D eigenvalue weighted by atomic mass is 10.2. The monoisotopic (exact) mass is 341 g/mol. The van der Waals surface area contributed by atoms with Gasteiger partial charge in [-0.15, -0.1) is 0 Å². The van der Waals surface area contributed by atoms with Gasteiger partial charge in [0.2, 0.25) is 5.91 Å². The van der Waals surface area contributed by atoms with Gasteiger partial charge in [-0.25, -0.2) is 8.42 Å². The van der Waals surface area contributed by atoms with Crippen LogP contribution in [0.1, 0.15) is 51.1 Å². The van der Waals surface area contributed by atoms with E-state index in [0.29, 0.717) is 31.2 Å². The van der Waals surface area contributed by atoms with E-state index >= 15 is 0 Å². The van der Waals surface area contributed by atoms with Crippen molar-refractivity contribution in [2.45, 2.75) is 52.0 Å². The van der Waals surface area contributed by atoms with Gasteiger partial charge in [0.1, 0.15) is 21.4 Å². The summed E-state index contributed by atoms with van der Waals surface area (Å²) < 4.78 is 28.6. The first-order valence-corrected chi connectivity index (χ1v) is 10.3. The molecule has 1 aromatic rings. The highest BCUT2D eigenvalue weighted by molar-refractivity contribution is 7.90. The van der Waals surface area contributed by atoms with Gasteiger partial charge in [-0.2, -0.15) is 0 Å². The zero-order chi connectivity index (χ0) is 17.2. The van der Waals surface area contributed by atoms with E-state index in [1.165, 1.54) is 12.7 Å². The van der Waals surface area contributed by atoms with Gasteiger partial charge in [0, 0.05) is 37.6 Å². The Hall–Kier alpha value is -1.30. The first kappa shape index (κ1) is 18.0. The van der Waals surface area contributed by atoms with Crippen molar-refractivity contribution in [3.8, 4) is 0 Å². The number of hydrogen-bond acceptors (Lipinski definition) is 4. The Morgan fingerprint density at radius 3 is 2.61 bits per heavy atom.